The van der Waals surface area contributed by atoms with Crippen LogP contribution in [0.3, 0.4) is 0 Å². The Morgan fingerprint density at radius 2 is 1.53 bits per heavy atom. The van der Waals surface area contributed by atoms with E-state index in [-0.39, 0.29) is 0 Å². The number of hydrogen-bond donors (Lipinski definition) is 0. The van der Waals surface area contributed by atoms with Gasteiger partial charge in [-0.2, -0.15) is 0 Å². The van der Waals surface area contributed by atoms with Gasteiger partial charge in [0.05, 0.1) is 0 Å². The first-order chi connectivity index (χ1) is 6.87. The molecule has 0 aliphatic rings. The Morgan fingerprint density at radius 3 is 1.93 bits per heavy atom. The Kier molecular flexibility index (Phi) is 3.92. The van der Waals surface area contributed by atoms with Gasteiger partial charge in [-0.05, 0) is 17.4 Å². The first-order valence-electron chi connectivity index (χ1n) is 5.48. The van der Waals surface area contributed by atoms with E-state index >= 15 is 0 Å². The molecule has 1 rings (SSSR count). The summed E-state index contributed by atoms with van der Waals surface area (Å²) in [5.74, 6) is 0. The summed E-state index contributed by atoms with van der Waals surface area (Å²) in [5.41, 5.74) is 1.29. The molecule has 0 spiro atoms. The maximum absolute atomic E-state index is 5.87. The lowest BCUT2D eigenvalue weighted by Gasteiger charge is -2.31. The van der Waals surface area contributed by atoms with E-state index < -0.39 is 16.4 Å². The molecule has 1 unspecified atom stereocenters. The molecule has 0 heterocycles. The molecule has 0 aromatic heterocycles. The molecule has 0 bridgehead atoms. The summed E-state index contributed by atoms with van der Waals surface area (Å²) in [7, 11) is -0.858. The van der Waals surface area contributed by atoms with E-state index in [0.717, 1.165) is 0 Å². The zero-order valence-corrected chi connectivity index (χ0v) is 12.5. The molecule has 1 nitrogen and oxygen atoms in total. The van der Waals surface area contributed by atoms with Crippen molar-refractivity contribution in [3.05, 3.63) is 30.3 Å². The van der Waals surface area contributed by atoms with Gasteiger partial charge in [0.25, 0.3) is 0 Å². The summed E-state index contributed by atoms with van der Waals surface area (Å²) in [6, 6.07) is 10.7. The maximum Gasteiger partial charge on any atom is 0.218 e. The Morgan fingerprint density at radius 1 is 1.00 bits per heavy atom. The summed E-state index contributed by atoms with van der Waals surface area (Å²) in [5, 5.41) is 1.43. The van der Waals surface area contributed by atoms with Crippen molar-refractivity contribution >= 4 is 21.6 Å². The third kappa shape index (κ3) is 3.59. The molecule has 0 radical (unpaired) electrons. The molecule has 0 saturated carbocycles. The van der Waals surface area contributed by atoms with Crippen LogP contribution in [-0.4, -0.2) is 23.5 Å². The third-order valence-electron chi connectivity index (χ3n) is 2.70. The van der Waals surface area contributed by atoms with Crippen LogP contribution in [0.4, 0.5) is 0 Å². The average Bonchev–Trinajstić information content (AvgIpc) is 2.16. The normalized spacial score (nSPS) is 16.1. The lowest BCUT2D eigenvalue weighted by molar-refractivity contribution is 0.414. The van der Waals surface area contributed by atoms with Gasteiger partial charge in [-0.25, -0.2) is 0 Å². The third-order valence-corrected chi connectivity index (χ3v) is 12.1. The first-order valence-corrected chi connectivity index (χ1v) is 11.8. The fourth-order valence-electron chi connectivity index (χ4n) is 2.09. The second-order valence-corrected chi connectivity index (χ2v) is 15.5. The Labute approximate surface area is 95.6 Å². The Hall–Kier alpha value is -0.386. The second kappa shape index (κ2) is 4.64. The number of hydrogen-bond acceptors (Lipinski definition) is 1. The van der Waals surface area contributed by atoms with Crippen molar-refractivity contribution in [2.24, 2.45) is 0 Å². The van der Waals surface area contributed by atoms with Crippen molar-refractivity contribution in [2.45, 2.75) is 31.9 Å². The molecule has 1 atom stereocenters. The van der Waals surface area contributed by atoms with Crippen LogP contribution < -0.4 is 5.19 Å². The van der Waals surface area contributed by atoms with Gasteiger partial charge < -0.3 is 4.43 Å². The largest absolute Gasteiger partial charge is 0.416 e. The van der Waals surface area contributed by atoms with E-state index in [9.17, 15) is 0 Å². The Balaban J connectivity index is 2.96. The van der Waals surface area contributed by atoms with Crippen molar-refractivity contribution in [3.8, 4) is 0 Å². The van der Waals surface area contributed by atoms with Crippen molar-refractivity contribution in [3.63, 3.8) is 0 Å². The fraction of sp³-hybridized carbons (Fsp3) is 0.500. The van der Waals surface area contributed by atoms with Crippen LogP contribution in [-0.2, 0) is 4.43 Å². The van der Waals surface area contributed by atoms with Crippen LogP contribution in [0.25, 0.3) is 0 Å². The summed E-state index contributed by atoms with van der Waals surface area (Å²) in [4.78, 5) is 0. The van der Waals surface area contributed by atoms with E-state index in [1.807, 2.05) is 7.11 Å². The van der Waals surface area contributed by atoms with Gasteiger partial charge in [-0.1, -0.05) is 50.0 Å². The quantitative estimate of drug-likeness (QED) is 0.733. The Bertz CT molecular complexity index is 305. The van der Waals surface area contributed by atoms with Crippen LogP contribution in [0.2, 0.25) is 31.9 Å². The number of benzene rings is 1. The smallest absolute Gasteiger partial charge is 0.218 e. The van der Waals surface area contributed by atoms with Crippen LogP contribution in [0.1, 0.15) is 0 Å². The molecule has 0 fully saturated rings. The van der Waals surface area contributed by atoms with E-state index in [0.29, 0.717) is 0 Å². The molecule has 0 aliphatic carbocycles. The van der Waals surface area contributed by atoms with Gasteiger partial charge >= 0.3 is 0 Å². The molecule has 1 aromatic carbocycles. The monoisotopic (exact) mass is 238 g/mol. The average molecular weight is 238 g/mol. The highest BCUT2D eigenvalue weighted by atomic mass is 28.4. The highest BCUT2D eigenvalue weighted by molar-refractivity contribution is 6.98. The maximum atomic E-state index is 5.87. The van der Waals surface area contributed by atoms with Crippen LogP contribution >= 0.6 is 0 Å². The first kappa shape index (κ1) is 12.7. The number of rotatable bonds is 4. The molecule has 0 saturated heterocycles. The predicted molar refractivity (Wildman–Crippen MR) is 72.9 cm³/mol. The molecule has 15 heavy (non-hydrogen) atoms. The van der Waals surface area contributed by atoms with Crippen molar-refractivity contribution < 1.29 is 4.43 Å². The highest BCUT2D eigenvalue weighted by Crippen LogP contribution is 2.20. The standard InChI is InChI=1S/C12H22OSi2/c1-13-15(5,11-14(2,3)4)12-9-7-6-8-10-12/h6-10H,11H2,1-5H3. The zero-order valence-electron chi connectivity index (χ0n) is 10.5. The van der Waals surface area contributed by atoms with Crippen LogP contribution in [0.5, 0.6) is 0 Å². The fourth-order valence-corrected chi connectivity index (χ4v) is 12.7. The minimum Gasteiger partial charge on any atom is -0.416 e. The topological polar surface area (TPSA) is 9.23 Å². The molecular formula is C12H22OSi2. The molecular weight excluding hydrogens is 216 g/mol. The molecule has 0 amide bonds. The van der Waals surface area contributed by atoms with E-state index in [1.54, 1.807) is 0 Å². The van der Waals surface area contributed by atoms with Crippen molar-refractivity contribution in [1.82, 2.24) is 0 Å². The summed E-state index contributed by atoms with van der Waals surface area (Å²) in [6.45, 7) is 9.58. The lowest BCUT2D eigenvalue weighted by Crippen LogP contribution is -2.52. The molecule has 1 aromatic rings. The summed E-state index contributed by atoms with van der Waals surface area (Å²) >= 11 is 0. The zero-order chi connectivity index (χ0) is 11.5. The van der Waals surface area contributed by atoms with E-state index in [4.69, 9.17) is 4.43 Å². The summed E-state index contributed by atoms with van der Waals surface area (Å²) in [6.07, 6.45) is 0. The van der Waals surface area contributed by atoms with Gasteiger partial charge in [-0.3, -0.25) is 0 Å². The van der Waals surface area contributed by atoms with E-state index in [1.165, 1.54) is 10.9 Å². The van der Waals surface area contributed by atoms with Gasteiger partial charge in [0.2, 0.25) is 8.32 Å². The second-order valence-electron chi connectivity index (χ2n) is 5.54. The van der Waals surface area contributed by atoms with Crippen LogP contribution in [0, 0.1) is 0 Å². The van der Waals surface area contributed by atoms with Gasteiger partial charge in [0, 0.05) is 15.2 Å². The van der Waals surface area contributed by atoms with Crippen LogP contribution in [0.15, 0.2) is 30.3 Å². The highest BCUT2D eigenvalue weighted by Gasteiger charge is 2.35. The minimum absolute atomic E-state index is 1.06. The molecule has 3 heteroatoms. The minimum atomic E-state index is -1.67. The van der Waals surface area contributed by atoms with Crippen molar-refractivity contribution in [2.75, 3.05) is 7.11 Å². The lowest BCUT2D eigenvalue weighted by atomic mass is 10.4. The SMILES string of the molecule is CO[Si](C)(C[Si](C)(C)C)c1ccccc1. The molecule has 84 valence electrons. The van der Waals surface area contributed by atoms with Gasteiger partial charge in [0.15, 0.2) is 0 Å². The summed E-state index contributed by atoms with van der Waals surface area (Å²) < 4.78 is 5.87. The molecule has 0 N–H and O–H groups in total. The predicted octanol–water partition coefficient (Wildman–Crippen LogP) is 2.99. The van der Waals surface area contributed by atoms with Gasteiger partial charge in [-0.15, -0.1) is 0 Å². The van der Waals surface area contributed by atoms with Gasteiger partial charge in [0.1, 0.15) is 0 Å². The van der Waals surface area contributed by atoms with E-state index in [2.05, 4.69) is 56.5 Å². The molecule has 0 aliphatic heterocycles. The van der Waals surface area contributed by atoms with Crippen molar-refractivity contribution in [1.29, 1.82) is 0 Å².